The zero-order chi connectivity index (χ0) is 13.2. The second kappa shape index (κ2) is 4.57. The van der Waals surface area contributed by atoms with Crippen molar-refractivity contribution in [2.75, 3.05) is 0 Å². The molecule has 0 saturated carbocycles. The summed E-state index contributed by atoms with van der Waals surface area (Å²) in [7, 11) is 0. The van der Waals surface area contributed by atoms with Crippen LogP contribution in [0.3, 0.4) is 0 Å². The summed E-state index contributed by atoms with van der Waals surface area (Å²) in [6.45, 7) is 2.03. The third-order valence-electron chi connectivity index (χ3n) is 2.88. The Morgan fingerprint density at radius 2 is 1.68 bits per heavy atom. The first-order valence-corrected chi connectivity index (χ1v) is 6.01. The van der Waals surface area contributed by atoms with Crippen LogP contribution in [-0.4, -0.2) is 9.78 Å². The fraction of sp³-hybridized carbons (Fsp3) is 0.0667. The lowest BCUT2D eigenvalue weighted by molar-refractivity contribution is 0.487. The average molecular weight is 251 g/mol. The molecule has 0 unspecified atom stereocenters. The van der Waals surface area contributed by atoms with Gasteiger partial charge in [0.15, 0.2) is 0 Å². The average Bonchev–Trinajstić information content (AvgIpc) is 2.83. The topological polar surface area (TPSA) is 54.8 Å². The molecule has 0 bridgehead atoms. The number of nitrogens with one attached hydrogen (secondary N) is 1. The molecule has 1 N–H and O–H groups in total. The Labute approximate surface area is 110 Å². The summed E-state index contributed by atoms with van der Waals surface area (Å²) in [6, 6.07) is 17.4. The standard InChI is InChI=1S/C15H13N3O/c1-11-7-9-12(10-8-11)14-17-18(15(16)19-14)13-5-3-2-4-6-13/h2-10,16H,1H3. The summed E-state index contributed by atoms with van der Waals surface area (Å²) in [4.78, 5) is 0. The van der Waals surface area contributed by atoms with Crippen molar-refractivity contribution in [3.05, 3.63) is 65.8 Å². The van der Waals surface area contributed by atoms with Crippen LogP contribution in [0.5, 0.6) is 0 Å². The lowest BCUT2D eigenvalue weighted by atomic mass is 10.1. The molecule has 0 fully saturated rings. The molecule has 19 heavy (non-hydrogen) atoms. The Morgan fingerprint density at radius 1 is 1.00 bits per heavy atom. The zero-order valence-electron chi connectivity index (χ0n) is 10.5. The maximum atomic E-state index is 7.85. The predicted octanol–water partition coefficient (Wildman–Crippen LogP) is 2.92. The van der Waals surface area contributed by atoms with Crippen LogP contribution in [0.1, 0.15) is 5.56 Å². The highest BCUT2D eigenvalue weighted by Gasteiger charge is 2.09. The van der Waals surface area contributed by atoms with Gasteiger partial charge in [0.25, 0.3) is 0 Å². The van der Waals surface area contributed by atoms with Crippen LogP contribution >= 0.6 is 0 Å². The normalized spacial score (nSPS) is 10.6. The zero-order valence-corrected chi connectivity index (χ0v) is 10.5. The number of benzene rings is 2. The van der Waals surface area contributed by atoms with E-state index in [0.717, 1.165) is 11.3 Å². The van der Waals surface area contributed by atoms with Gasteiger partial charge in [-0.25, -0.2) is 5.41 Å². The van der Waals surface area contributed by atoms with Gasteiger partial charge in [-0.3, -0.25) is 0 Å². The van der Waals surface area contributed by atoms with Gasteiger partial charge in [0.1, 0.15) is 0 Å². The van der Waals surface area contributed by atoms with Crippen LogP contribution < -0.4 is 5.68 Å². The van der Waals surface area contributed by atoms with Crippen molar-refractivity contribution in [1.82, 2.24) is 9.78 Å². The van der Waals surface area contributed by atoms with Gasteiger partial charge < -0.3 is 4.42 Å². The highest BCUT2D eigenvalue weighted by atomic mass is 16.4. The van der Waals surface area contributed by atoms with Gasteiger partial charge in [-0.05, 0) is 31.2 Å². The van der Waals surface area contributed by atoms with E-state index in [-0.39, 0.29) is 5.68 Å². The van der Waals surface area contributed by atoms with Gasteiger partial charge in [-0.15, -0.1) is 5.10 Å². The quantitative estimate of drug-likeness (QED) is 0.761. The largest absolute Gasteiger partial charge is 0.403 e. The summed E-state index contributed by atoms with van der Waals surface area (Å²) in [5, 5.41) is 12.2. The van der Waals surface area contributed by atoms with E-state index in [4.69, 9.17) is 9.83 Å². The summed E-state index contributed by atoms with van der Waals surface area (Å²) < 4.78 is 6.89. The lowest BCUT2D eigenvalue weighted by Crippen LogP contribution is -2.13. The van der Waals surface area contributed by atoms with Gasteiger partial charge in [0.2, 0.25) is 5.89 Å². The summed E-state index contributed by atoms with van der Waals surface area (Å²) in [5.74, 6) is 0.453. The van der Waals surface area contributed by atoms with Crippen LogP contribution in [-0.2, 0) is 0 Å². The number of rotatable bonds is 2. The van der Waals surface area contributed by atoms with Crippen molar-refractivity contribution in [1.29, 1.82) is 5.41 Å². The Balaban J connectivity index is 2.07. The SMILES string of the molecule is Cc1ccc(-c2nn(-c3ccccc3)c(=N)o2)cc1. The molecule has 0 aliphatic heterocycles. The minimum Gasteiger partial charge on any atom is -0.403 e. The van der Waals surface area contributed by atoms with Gasteiger partial charge >= 0.3 is 5.68 Å². The summed E-state index contributed by atoms with van der Waals surface area (Å²) >= 11 is 0. The molecule has 94 valence electrons. The van der Waals surface area contributed by atoms with Gasteiger partial charge in [-0.1, -0.05) is 35.9 Å². The highest BCUT2D eigenvalue weighted by molar-refractivity contribution is 5.53. The third kappa shape index (κ3) is 2.20. The maximum Gasteiger partial charge on any atom is 0.317 e. The molecule has 2 aromatic carbocycles. The highest BCUT2D eigenvalue weighted by Crippen LogP contribution is 2.16. The summed E-state index contributed by atoms with van der Waals surface area (Å²) in [6.07, 6.45) is 0. The minimum atomic E-state index is 0.0155. The number of hydrogen-bond acceptors (Lipinski definition) is 3. The van der Waals surface area contributed by atoms with E-state index < -0.39 is 0 Å². The minimum absolute atomic E-state index is 0.0155. The molecule has 0 aliphatic rings. The lowest BCUT2D eigenvalue weighted by Gasteiger charge is -1.97. The first-order chi connectivity index (χ1) is 9.24. The van der Waals surface area contributed by atoms with Crippen molar-refractivity contribution in [3.63, 3.8) is 0 Å². The van der Waals surface area contributed by atoms with E-state index in [1.165, 1.54) is 10.2 Å². The summed E-state index contributed by atoms with van der Waals surface area (Å²) in [5.41, 5.74) is 2.88. The second-order valence-corrected chi connectivity index (χ2v) is 4.33. The number of para-hydroxylation sites is 1. The first-order valence-electron chi connectivity index (χ1n) is 6.01. The molecule has 0 saturated heterocycles. The fourth-order valence-corrected chi connectivity index (χ4v) is 1.85. The van der Waals surface area contributed by atoms with E-state index in [0.29, 0.717) is 5.89 Å². The molecule has 0 atom stereocenters. The van der Waals surface area contributed by atoms with Crippen LogP contribution in [0, 0.1) is 12.3 Å². The molecule has 4 heteroatoms. The van der Waals surface area contributed by atoms with Crippen molar-refractivity contribution >= 4 is 0 Å². The number of aromatic nitrogens is 2. The first kappa shape index (κ1) is 11.5. The van der Waals surface area contributed by atoms with E-state index in [1.807, 2.05) is 61.5 Å². The van der Waals surface area contributed by atoms with E-state index in [1.54, 1.807) is 0 Å². The molecule has 4 nitrogen and oxygen atoms in total. The number of nitrogens with zero attached hydrogens (tertiary/aromatic N) is 2. The van der Waals surface area contributed by atoms with Crippen molar-refractivity contribution in [3.8, 4) is 17.1 Å². The number of hydrogen-bond donors (Lipinski definition) is 1. The molecule has 0 radical (unpaired) electrons. The Hall–Kier alpha value is -2.62. The van der Waals surface area contributed by atoms with Crippen molar-refractivity contribution < 1.29 is 4.42 Å². The van der Waals surface area contributed by atoms with Crippen LogP contribution in [0.15, 0.2) is 59.0 Å². The smallest absolute Gasteiger partial charge is 0.317 e. The monoisotopic (exact) mass is 251 g/mol. The molecule has 0 aliphatic carbocycles. The van der Waals surface area contributed by atoms with E-state index >= 15 is 0 Å². The molecular formula is C15H13N3O. The molecular weight excluding hydrogens is 238 g/mol. The molecule has 0 amide bonds. The molecule has 1 aromatic heterocycles. The van der Waals surface area contributed by atoms with E-state index in [2.05, 4.69) is 5.10 Å². The molecule has 0 spiro atoms. The van der Waals surface area contributed by atoms with Crippen molar-refractivity contribution in [2.45, 2.75) is 6.92 Å². The van der Waals surface area contributed by atoms with Crippen molar-refractivity contribution in [2.24, 2.45) is 0 Å². The van der Waals surface area contributed by atoms with Crippen LogP contribution in [0.4, 0.5) is 0 Å². The van der Waals surface area contributed by atoms with Gasteiger partial charge in [-0.2, -0.15) is 4.68 Å². The molecule has 3 rings (SSSR count). The maximum absolute atomic E-state index is 7.85. The Bertz CT molecular complexity index is 739. The second-order valence-electron chi connectivity index (χ2n) is 4.33. The molecule has 1 heterocycles. The number of aryl methyl sites for hydroxylation is 1. The Kier molecular flexibility index (Phi) is 2.76. The Morgan fingerprint density at radius 3 is 2.37 bits per heavy atom. The van der Waals surface area contributed by atoms with E-state index in [9.17, 15) is 0 Å². The van der Waals surface area contributed by atoms with Crippen LogP contribution in [0.2, 0.25) is 0 Å². The molecule has 3 aromatic rings. The predicted molar refractivity (Wildman–Crippen MR) is 71.9 cm³/mol. The van der Waals surface area contributed by atoms with Gasteiger partial charge in [0.05, 0.1) is 5.69 Å². The fourth-order valence-electron chi connectivity index (χ4n) is 1.85. The third-order valence-corrected chi connectivity index (χ3v) is 2.88. The van der Waals surface area contributed by atoms with Crippen LogP contribution in [0.25, 0.3) is 17.1 Å². The van der Waals surface area contributed by atoms with Gasteiger partial charge in [0, 0.05) is 5.56 Å².